The van der Waals surface area contributed by atoms with Gasteiger partial charge in [-0.15, -0.1) is 11.3 Å². The summed E-state index contributed by atoms with van der Waals surface area (Å²) in [6, 6.07) is 16.8. The van der Waals surface area contributed by atoms with Crippen molar-refractivity contribution in [2.24, 2.45) is 0 Å². The first-order valence-corrected chi connectivity index (χ1v) is 5.98. The molecule has 76 valence electrons. The van der Waals surface area contributed by atoms with Crippen LogP contribution in [-0.4, -0.2) is 0 Å². The first-order valence-electron chi connectivity index (χ1n) is 5.16. The van der Waals surface area contributed by atoms with Crippen LogP contribution < -0.4 is 0 Å². The van der Waals surface area contributed by atoms with Gasteiger partial charge in [0.05, 0.1) is 12.5 Å². The summed E-state index contributed by atoms with van der Waals surface area (Å²) in [6.07, 6.45) is 0.490. The van der Waals surface area contributed by atoms with Gasteiger partial charge in [-0.05, 0) is 11.6 Å². The van der Waals surface area contributed by atoms with Crippen molar-refractivity contribution in [3.05, 3.63) is 48.0 Å². The molecule has 1 nitrogen and oxygen atoms in total. The second kappa shape index (κ2) is 3.62. The molecule has 2 aromatic carbocycles. The lowest BCUT2D eigenvalue weighted by Gasteiger charge is -1.96. The monoisotopic (exact) mass is 223 g/mol. The van der Waals surface area contributed by atoms with Gasteiger partial charge >= 0.3 is 0 Å². The van der Waals surface area contributed by atoms with Gasteiger partial charge in [-0.1, -0.05) is 36.4 Å². The zero-order valence-electron chi connectivity index (χ0n) is 8.60. The van der Waals surface area contributed by atoms with Gasteiger partial charge in [0.1, 0.15) is 0 Å². The van der Waals surface area contributed by atoms with Gasteiger partial charge in [-0.2, -0.15) is 5.26 Å². The third kappa shape index (κ3) is 1.30. The predicted molar refractivity (Wildman–Crippen MR) is 68.6 cm³/mol. The molecular weight excluding hydrogens is 214 g/mol. The highest BCUT2D eigenvalue weighted by molar-refractivity contribution is 7.26. The number of nitriles is 1. The Morgan fingerprint density at radius 2 is 1.81 bits per heavy atom. The van der Waals surface area contributed by atoms with E-state index in [4.69, 9.17) is 5.26 Å². The molecule has 0 amide bonds. The summed E-state index contributed by atoms with van der Waals surface area (Å²) in [7, 11) is 0. The molecule has 0 radical (unpaired) electrons. The Morgan fingerprint density at radius 1 is 1.00 bits per heavy atom. The molecule has 0 bridgehead atoms. The van der Waals surface area contributed by atoms with E-state index in [2.05, 4.69) is 36.4 Å². The number of rotatable bonds is 1. The number of benzene rings is 2. The molecule has 0 aliphatic carbocycles. The third-order valence-corrected chi connectivity index (χ3v) is 4.02. The van der Waals surface area contributed by atoms with E-state index in [1.165, 1.54) is 20.2 Å². The molecule has 1 heterocycles. The number of thiophene rings is 1. The molecule has 0 saturated heterocycles. The van der Waals surface area contributed by atoms with Crippen LogP contribution in [0, 0.1) is 11.3 Å². The minimum atomic E-state index is 0.490. The summed E-state index contributed by atoms with van der Waals surface area (Å²) in [5.74, 6) is 0. The Hall–Kier alpha value is -1.85. The minimum Gasteiger partial charge on any atom is -0.198 e. The van der Waals surface area contributed by atoms with E-state index in [1.54, 1.807) is 11.3 Å². The van der Waals surface area contributed by atoms with Gasteiger partial charge in [0.25, 0.3) is 0 Å². The molecule has 0 fully saturated rings. The zero-order valence-corrected chi connectivity index (χ0v) is 9.42. The lowest BCUT2D eigenvalue weighted by molar-refractivity contribution is 1.29. The minimum absolute atomic E-state index is 0.490. The highest BCUT2D eigenvalue weighted by atomic mass is 32.1. The van der Waals surface area contributed by atoms with Crippen LogP contribution in [0.25, 0.3) is 20.2 Å². The number of nitrogens with zero attached hydrogens (tertiary/aromatic N) is 1. The second-order valence-corrected chi connectivity index (χ2v) is 4.78. The number of fused-ring (bicyclic) bond motifs is 3. The van der Waals surface area contributed by atoms with Crippen LogP contribution in [0.15, 0.2) is 42.5 Å². The molecule has 2 heteroatoms. The van der Waals surface area contributed by atoms with Crippen LogP contribution in [0.5, 0.6) is 0 Å². The van der Waals surface area contributed by atoms with Gasteiger partial charge in [-0.3, -0.25) is 0 Å². The average Bonchev–Trinajstić information content (AvgIpc) is 2.69. The van der Waals surface area contributed by atoms with Gasteiger partial charge in [-0.25, -0.2) is 0 Å². The summed E-state index contributed by atoms with van der Waals surface area (Å²) >= 11 is 1.78. The van der Waals surface area contributed by atoms with E-state index in [9.17, 15) is 0 Å². The smallest absolute Gasteiger partial charge is 0.0670 e. The van der Waals surface area contributed by atoms with Crippen molar-refractivity contribution in [1.29, 1.82) is 5.26 Å². The normalized spacial score (nSPS) is 10.7. The SMILES string of the molecule is N#CCc1cccc2c1sc1ccccc12. The van der Waals surface area contributed by atoms with Crippen molar-refractivity contribution in [2.45, 2.75) is 6.42 Å². The maximum atomic E-state index is 8.81. The zero-order chi connectivity index (χ0) is 11.0. The Bertz CT molecular complexity index is 703. The Kier molecular flexibility index (Phi) is 2.12. The van der Waals surface area contributed by atoms with Crippen molar-refractivity contribution in [3.63, 3.8) is 0 Å². The fourth-order valence-electron chi connectivity index (χ4n) is 2.03. The second-order valence-electron chi connectivity index (χ2n) is 3.73. The summed E-state index contributed by atoms with van der Waals surface area (Å²) in [4.78, 5) is 0. The van der Waals surface area contributed by atoms with Gasteiger partial charge in [0.15, 0.2) is 0 Å². The predicted octanol–water partition coefficient (Wildman–Crippen LogP) is 4.12. The lowest BCUT2D eigenvalue weighted by atomic mass is 10.1. The molecule has 16 heavy (non-hydrogen) atoms. The van der Waals surface area contributed by atoms with Crippen molar-refractivity contribution in [3.8, 4) is 6.07 Å². The van der Waals surface area contributed by atoms with E-state index < -0.39 is 0 Å². The maximum absolute atomic E-state index is 8.81. The highest BCUT2D eigenvalue weighted by Crippen LogP contribution is 2.35. The molecule has 3 rings (SSSR count). The molecule has 0 aliphatic rings. The molecule has 0 saturated carbocycles. The van der Waals surface area contributed by atoms with E-state index in [-0.39, 0.29) is 0 Å². The van der Waals surface area contributed by atoms with Crippen LogP contribution in [0.4, 0.5) is 0 Å². The van der Waals surface area contributed by atoms with Crippen LogP contribution in [0.3, 0.4) is 0 Å². The first kappa shape index (κ1) is 9.38. The summed E-state index contributed by atoms with van der Waals surface area (Å²) in [5.41, 5.74) is 1.14. The van der Waals surface area contributed by atoms with Crippen molar-refractivity contribution in [2.75, 3.05) is 0 Å². The lowest BCUT2D eigenvalue weighted by Crippen LogP contribution is -1.79. The molecule has 0 aliphatic heterocycles. The number of hydrogen-bond donors (Lipinski definition) is 0. The van der Waals surface area contributed by atoms with Crippen molar-refractivity contribution < 1.29 is 0 Å². The fourth-order valence-corrected chi connectivity index (χ4v) is 3.24. The van der Waals surface area contributed by atoms with Gasteiger partial charge < -0.3 is 0 Å². The van der Waals surface area contributed by atoms with Crippen molar-refractivity contribution >= 4 is 31.5 Å². The number of hydrogen-bond acceptors (Lipinski definition) is 2. The standard InChI is InChI=1S/C14H9NS/c15-9-8-10-4-3-6-12-11-5-1-2-7-13(11)16-14(10)12/h1-7H,8H2. The van der Waals surface area contributed by atoms with Crippen LogP contribution in [0.1, 0.15) is 5.56 Å². The Labute approximate surface area is 97.6 Å². The summed E-state index contributed by atoms with van der Waals surface area (Å²) in [6.45, 7) is 0. The van der Waals surface area contributed by atoms with Gasteiger partial charge in [0.2, 0.25) is 0 Å². The Balaban J connectivity index is 2.45. The largest absolute Gasteiger partial charge is 0.198 e. The van der Waals surface area contributed by atoms with Gasteiger partial charge in [0, 0.05) is 20.2 Å². The molecular formula is C14H9NS. The topological polar surface area (TPSA) is 23.8 Å². The molecule has 0 unspecified atom stereocenters. The Morgan fingerprint density at radius 3 is 2.69 bits per heavy atom. The molecule has 0 N–H and O–H groups in total. The summed E-state index contributed by atoms with van der Waals surface area (Å²) < 4.78 is 2.55. The molecule has 3 aromatic rings. The highest BCUT2D eigenvalue weighted by Gasteiger charge is 2.07. The first-order chi connectivity index (χ1) is 7.90. The van der Waals surface area contributed by atoms with E-state index in [1.807, 2.05) is 12.1 Å². The molecule has 0 spiro atoms. The molecule has 1 aromatic heterocycles. The van der Waals surface area contributed by atoms with Crippen LogP contribution >= 0.6 is 11.3 Å². The quantitative estimate of drug-likeness (QED) is 0.608. The van der Waals surface area contributed by atoms with Crippen LogP contribution in [0.2, 0.25) is 0 Å². The van der Waals surface area contributed by atoms with Crippen molar-refractivity contribution in [1.82, 2.24) is 0 Å². The fraction of sp³-hybridized carbons (Fsp3) is 0.0714. The van der Waals surface area contributed by atoms with E-state index >= 15 is 0 Å². The van der Waals surface area contributed by atoms with Crippen LogP contribution in [-0.2, 0) is 6.42 Å². The molecule has 0 atom stereocenters. The van der Waals surface area contributed by atoms with E-state index in [0.29, 0.717) is 6.42 Å². The van der Waals surface area contributed by atoms with E-state index in [0.717, 1.165) is 5.56 Å². The third-order valence-electron chi connectivity index (χ3n) is 2.76. The maximum Gasteiger partial charge on any atom is 0.0670 e. The summed E-state index contributed by atoms with van der Waals surface area (Å²) in [5, 5.41) is 11.4. The average molecular weight is 223 g/mol.